The Balaban J connectivity index is 2.11. The second-order valence-corrected chi connectivity index (χ2v) is 4.84. The number of carboxylic acids is 1. The van der Waals surface area contributed by atoms with E-state index < -0.39 is 17.8 Å². The molecule has 1 saturated carbocycles. The average Bonchev–Trinajstić information content (AvgIpc) is 2.38. The second kappa shape index (κ2) is 5.85. The zero-order chi connectivity index (χ0) is 13.0. The van der Waals surface area contributed by atoms with Crippen molar-refractivity contribution in [3.63, 3.8) is 0 Å². The number of carboxylic acid groups (broad SMARTS) is 1. The van der Waals surface area contributed by atoms with Gasteiger partial charge in [0.1, 0.15) is 11.9 Å². The monoisotopic (exact) mass is 251 g/mol. The summed E-state index contributed by atoms with van der Waals surface area (Å²) < 4.78 is 13.5. The summed E-state index contributed by atoms with van der Waals surface area (Å²) in [6, 6.07) is 5.51. The molecule has 18 heavy (non-hydrogen) atoms. The Morgan fingerprint density at radius 1 is 1.28 bits per heavy atom. The summed E-state index contributed by atoms with van der Waals surface area (Å²) in [5, 5.41) is 12.1. The van der Waals surface area contributed by atoms with E-state index in [1.807, 2.05) is 0 Å². The highest BCUT2D eigenvalue weighted by Gasteiger charge is 2.29. The van der Waals surface area contributed by atoms with Gasteiger partial charge in [0.25, 0.3) is 0 Å². The van der Waals surface area contributed by atoms with Crippen molar-refractivity contribution in [2.45, 2.75) is 38.1 Å². The number of anilines is 1. The third-order valence-electron chi connectivity index (χ3n) is 3.57. The summed E-state index contributed by atoms with van der Waals surface area (Å²) in [4.78, 5) is 11.3. The normalized spacial score (nSPS) is 18.3. The fourth-order valence-corrected chi connectivity index (χ4v) is 2.59. The summed E-state index contributed by atoms with van der Waals surface area (Å²) >= 11 is 0. The number of rotatable bonds is 4. The number of aliphatic carboxylic acids is 1. The number of nitrogens with one attached hydrogen (secondary N) is 1. The Morgan fingerprint density at radius 2 is 1.94 bits per heavy atom. The molecule has 0 aromatic heterocycles. The quantitative estimate of drug-likeness (QED) is 0.863. The van der Waals surface area contributed by atoms with Crippen molar-refractivity contribution in [3.05, 3.63) is 30.1 Å². The molecule has 0 amide bonds. The van der Waals surface area contributed by atoms with Crippen molar-refractivity contribution >= 4 is 11.7 Å². The van der Waals surface area contributed by atoms with Crippen LogP contribution in [0.15, 0.2) is 24.3 Å². The predicted molar refractivity (Wildman–Crippen MR) is 68.0 cm³/mol. The van der Waals surface area contributed by atoms with Crippen LogP contribution in [0.5, 0.6) is 0 Å². The molecule has 1 aromatic rings. The van der Waals surface area contributed by atoms with E-state index in [9.17, 15) is 14.3 Å². The average molecular weight is 251 g/mol. The Kier molecular flexibility index (Phi) is 4.18. The number of benzene rings is 1. The lowest BCUT2D eigenvalue weighted by Crippen LogP contribution is -2.38. The molecule has 0 bridgehead atoms. The molecule has 1 aliphatic rings. The van der Waals surface area contributed by atoms with Gasteiger partial charge in [-0.15, -0.1) is 0 Å². The van der Waals surface area contributed by atoms with Gasteiger partial charge in [-0.05, 0) is 30.9 Å². The molecular formula is C14H18FNO2. The van der Waals surface area contributed by atoms with Crippen LogP contribution in [-0.4, -0.2) is 17.1 Å². The molecule has 98 valence electrons. The van der Waals surface area contributed by atoms with Crippen molar-refractivity contribution in [2.75, 3.05) is 5.32 Å². The van der Waals surface area contributed by atoms with Crippen LogP contribution in [0, 0.1) is 11.7 Å². The van der Waals surface area contributed by atoms with Gasteiger partial charge in [-0.3, -0.25) is 0 Å². The number of carbonyl (C=O) groups is 1. The van der Waals surface area contributed by atoms with Gasteiger partial charge in [0, 0.05) is 0 Å². The Labute approximate surface area is 106 Å². The molecule has 4 heteroatoms. The van der Waals surface area contributed by atoms with Crippen molar-refractivity contribution in [1.29, 1.82) is 0 Å². The van der Waals surface area contributed by atoms with E-state index in [0.717, 1.165) is 25.7 Å². The Bertz CT molecular complexity index is 416. The molecular weight excluding hydrogens is 233 g/mol. The van der Waals surface area contributed by atoms with Gasteiger partial charge in [0.2, 0.25) is 0 Å². The summed E-state index contributed by atoms with van der Waals surface area (Å²) in [6.45, 7) is 0. The third-order valence-corrected chi connectivity index (χ3v) is 3.57. The highest BCUT2D eigenvalue weighted by Crippen LogP contribution is 2.28. The van der Waals surface area contributed by atoms with Gasteiger partial charge >= 0.3 is 5.97 Å². The van der Waals surface area contributed by atoms with Crippen molar-refractivity contribution in [1.82, 2.24) is 0 Å². The number of para-hydroxylation sites is 1. The van der Waals surface area contributed by atoms with Crippen LogP contribution >= 0.6 is 0 Å². The fourth-order valence-electron chi connectivity index (χ4n) is 2.59. The van der Waals surface area contributed by atoms with Crippen LogP contribution < -0.4 is 5.32 Å². The first-order chi connectivity index (χ1) is 8.68. The first-order valence-corrected chi connectivity index (χ1v) is 6.42. The number of halogens is 1. The van der Waals surface area contributed by atoms with E-state index in [2.05, 4.69) is 5.32 Å². The molecule has 1 atom stereocenters. The van der Waals surface area contributed by atoms with Crippen molar-refractivity contribution in [2.24, 2.45) is 5.92 Å². The van der Waals surface area contributed by atoms with E-state index in [1.54, 1.807) is 18.2 Å². The summed E-state index contributed by atoms with van der Waals surface area (Å²) in [5.41, 5.74) is 0.274. The van der Waals surface area contributed by atoms with E-state index in [1.165, 1.54) is 12.5 Å². The molecule has 0 radical (unpaired) electrons. The third kappa shape index (κ3) is 3.00. The smallest absolute Gasteiger partial charge is 0.326 e. The van der Waals surface area contributed by atoms with Crippen molar-refractivity contribution in [3.8, 4) is 0 Å². The predicted octanol–water partition coefficient (Wildman–Crippen LogP) is 3.27. The first kappa shape index (κ1) is 12.9. The molecule has 2 rings (SSSR count). The zero-order valence-electron chi connectivity index (χ0n) is 10.2. The van der Waals surface area contributed by atoms with Gasteiger partial charge in [0.05, 0.1) is 5.69 Å². The first-order valence-electron chi connectivity index (χ1n) is 6.42. The van der Waals surface area contributed by atoms with E-state index >= 15 is 0 Å². The second-order valence-electron chi connectivity index (χ2n) is 4.84. The lowest BCUT2D eigenvalue weighted by molar-refractivity contribution is -0.139. The SMILES string of the molecule is O=C(O)C(Nc1ccccc1F)C1CCCCC1. The van der Waals surface area contributed by atoms with E-state index in [-0.39, 0.29) is 11.6 Å². The summed E-state index contributed by atoms with van der Waals surface area (Å²) in [7, 11) is 0. The maximum atomic E-state index is 13.5. The highest BCUT2D eigenvalue weighted by molar-refractivity contribution is 5.77. The van der Waals surface area contributed by atoms with Gasteiger partial charge in [0.15, 0.2) is 0 Å². The molecule has 1 fully saturated rings. The fraction of sp³-hybridized carbons (Fsp3) is 0.500. The molecule has 2 N–H and O–H groups in total. The zero-order valence-corrected chi connectivity index (χ0v) is 10.2. The minimum absolute atomic E-state index is 0.0934. The van der Waals surface area contributed by atoms with Crippen LogP contribution in [0.3, 0.4) is 0 Å². The minimum Gasteiger partial charge on any atom is -0.480 e. The van der Waals surface area contributed by atoms with Crippen LogP contribution in [0.2, 0.25) is 0 Å². The summed E-state index contributed by atoms with van der Waals surface area (Å²) in [5.74, 6) is -1.21. The number of hydrogen-bond donors (Lipinski definition) is 2. The lowest BCUT2D eigenvalue weighted by Gasteiger charge is -2.28. The highest BCUT2D eigenvalue weighted by atomic mass is 19.1. The van der Waals surface area contributed by atoms with Gasteiger partial charge < -0.3 is 10.4 Å². The van der Waals surface area contributed by atoms with Gasteiger partial charge in [-0.25, -0.2) is 9.18 Å². The van der Waals surface area contributed by atoms with Gasteiger partial charge in [-0.2, -0.15) is 0 Å². The molecule has 1 aliphatic carbocycles. The molecule has 1 unspecified atom stereocenters. The van der Waals surface area contributed by atoms with E-state index in [0.29, 0.717) is 0 Å². The van der Waals surface area contributed by atoms with Crippen LogP contribution in [0.25, 0.3) is 0 Å². The topological polar surface area (TPSA) is 49.3 Å². The molecule has 0 spiro atoms. The van der Waals surface area contributed by atoms with Crippen LogP contribution in [-0.2, 0) is 4.79 Å². The minimum atomic E-state index is -0.898. The molecule has 1 aromatic carbocycles. The van der Waals surface area contributed by atoms with Gasteiger partial charge in [-0.1, -0.05) is 31.4 Å². The Hall–Kier alpha value is -1.58. The largest absolute Gasteiger partial charge is 0.480 e. The summed E-state index contributed by atoms with van der Waals surface area (Å²) in [6.07, 6.45) is 5.10. The maximum absolute atomic E-state index is 13.5. The number of hydrogen-bond acceptors (Lipinski definition) is 2. The molecule has 3 nitrogen and oxygen atoms in total. The van der Waals surface area contributed by atoms with Crippen LogP contribution in [0.4, 0.5) is 10.1 Å². The van der Waals surface area contributed by atoms with Crippen molar-refractivity contribution < 1.29 is 14.3 Å². The van der Waals surface area contributed by atoms with E-state index in [4.69, 9.17) is 0 Å². The molecule has 0 saturated heterocycles. The standard InChI is InChI=1S/C14H18FNO2/c15-11-8-4-5-9-12(11)16-13(14(17)18)10-6-2-1-3-7-10/h4-5,8-10,13,16H,1-3,6-7H2,(H,17,18). The maximum Gasteiger partial charge on any atom is 0.326 e. The van der Waals surface area contributed by atoms with Crippen LogP contribution in [0.1, 0.15) is 32.1 Å². The molecule has 0 aliphatic heterocycles. The Morgan fingerprint density at radius 3 is 2.56 bits per heavy atom. The molecule has 0 heterocycles. The lowest BCUT2D eigenvalue weighted by atomic mass is 9.84.